The molecular weight excluding hydrogens is 374 g/mol. The van der Waals surface area contributed by atoms with Gasteiger partial charge in [-0.3, -0.25) is 4.79 Å². The normalized spacial score (nSPS) is 20.8. The van der Waals surface area contributed by atoms with E-state index >= 15 is 0 Å². The maximum Gasteiger partial charge on any atom is 0.336 e. The predicted octanol–water partition coefficient (Wildman–Crippen LogP) is 3.19. The van der Waals surface area contributed by atoms with Crippen molar-refractivity contribution >= 4 is 11.8 Å². The zero-order valence-electron chi connectivity index (χ0n) is 17.6. The highest BCUT2D eigenvalue weighted by Gasteiger charge is 2.43. The number of carbonyl (C=O) groups is 2. The van der Waals surface area contributed by atoms with Crippen molar-refractivity contribution in [3.05, 3.63) is 40.2 Å². The first-order valence-corrected chi connectivity index (χ1v) is 9.40. The van der Waals surface area contributed by atoms with Crippen molar-refractivity contribution in [3.8, 4) is 17.2 Å². The Morgan fingerprint density at radius 3 is 2.24 bits per heavy atom. The summed E-state index contributed by atoms with van der Waals surface area (Å²) in [7, 11) is 4.18. The van der Waals surface area contributed by atoms with E-state index in [0.29, 0.717) is 35.2 Å². The van der Waals surface area contributed by atoms with Gasteiger partial charge in [-0.2, -0.15) is 0 Å². The fraction of sp³-hybridized carbons (Fsp3) is 0.455. The van der Waals surface area contributed by atoms with Gasteiger partial charge in [-0.25, -0.2) is 4.79 Å². The molecule has 2 N–H and O–H groups in total. The van der Waals surface area contributed by atoms with Crippen LogP contribution >= 0.6 is 0 Å². The molecule has 0 amide bonds. The van der Waals surface area contributed by atoms with Gasteiger partial charge in [0.2, 0.25) is 5.75 Å². The quantitative estimate of drug-likeness (QED) is 0.748. The Morgan fingerprint density at radius 1 is 1.14 bits per heavy atom. The van der Waals surface area contributed by atoms with Crippen LogP contribution in [0.1, 0.15) is 45.1 Å². The Bertz CT molecular complexity index is 916. The van der Waals surface area contributed by atoms with Gasteiger partial charge in [0.05, 0.1) is 26.9 Å². The average molecular weight is 401 g/mol. The topological polar surface area (TPSA) is 94.1 Å². The lowest BCUT2D eigenvalue weighted by atomic mass is 9.68. The van der Waals surface area contributed by atoms with Crippen LogP contribution in [-0.2, 0) is 14.3 Å². The van der Waals surface area contributed by atoms with Gasteiger partial charge in [0.15, 0.2) is 17.3 Å². The van der Waals surface area contributed by atoms with E-state index < -0.39 is 11.9 Å². The summed E-state index contributed by atoms with van der Waals surface area (Å²) in [6, 6.07) is 3.25. The van der Waals surface area contributed by atoms with E-state index in [9.17, 15) is 14.7 Å². The summed E-state index contributed by atoms with van der Waals surface area (Å²) in [6.45, 7) is 5.89. The van der Waals surface area contributed by atoms with Gasteiger partial charge in [-0.15, -0.1) is 0 Å². The van der Waals surface area contributed by atoms with Gasteiger partial charge in [-0.05, 0) is 36.5 Å². The van der Waals surface area contributed by atoms with Crippen molar-refractivity contribution in [2.45, 2.75) is 39.5 Å². The van der Waals surface area contributed by atoms with Crippen molar-refractivity contribution in [2.75, 3.05) is 21.3 Å². The molecule has 1 aromatic rings. The Hall–Kier alpha value is -2.96. The molecule has 0 radical (unpaired) electrons. The molecule has 3 rings (SSSR count). The number of aromatic hydroxyl groups is 1. The first-order chi connectivity index (χ1) is 13.6. The number of Topliss-reactive ketones (excluding diaryl/α,β-unsaturated/α-hetero) is 1. The van der Waals surface area contributed by atoms with Crippen LogP contribution in [0.15, 0.2) is 34.7 Å². The smallest absolute Gasteiger partial charge is 0.336 e. The fourth-order valence-electron chi connectivity index (χ4n) is 4.23. The molecule has 0 saturated carbocycles. The SMILES string of the molecule is COC(=O)C1=C(C)NC2=C(C(=O)CC(C)(C)C2)C1c1cc(OC)c(O)c(OC)c1. The Morgan fingerprint density at radius 2 is 1.72 bits per heavy atom. The second kappa shape index (κ2) is 7.46. The number of nitrogens with one attached hydrogen (secondary N) is 1. The van der Waals surface area contributed by atoms with E-state index in [2.05, 4.69) is 5.32 Å². The molecule has 0 fully saturated rings. The predicted molar refractivity (Wildman–Crippen MR) is 107 cm³/mol. The van der Waals surface area contributed by atoms with Crippen molar-refractivity contribution in [1.82, 2.24) is 5.32 Å². The third kappa shape index (κ3) is 3.57. The highest BCUT2D eigenvalue weighted by atomic mass is 16.5. The Kier molecular flexibility index (Phi) is 5.34. The first-order valence-electron chi connectivity index (χ1n) is 9.40. The minimum absolute atomic E-state index is 0.0198. The van der Waals surface area contributed by atoms with Crippen LogP contribution in [0.4, 0.5) is 0 Å². The van der Waals surface area contributed by atoms with Gasteiger partial charge in [-0.1, -0.05) is 13.8 Å². The lowest BCUT2D eigenvalue weighted by Gasteiger charge is -2.39. The molecule has 1 heterocycles. The number of phenols is 1. The highest BCUT2D eigenvalue weighted by Crippen LogP contribution is 2.49. The van der Waals surface area contributed by atoms with Crippen molar-refractivity contribution in [2.24, 2.45) is 5.41 Å². The zero-order valence-corrected chi connectivity index (χ0v) is 17.6. The molecule has 7 nitrogen and oxygen atoms in total. The number of hydrogen-bond donors (Lipinski definition) is 2. The number of carbonyl (C=O) groups excluding carboxylic acids is 2. The standard InChI is InChI=1S/C22H27NO6/c1-11-17(21(26)29-6)18(12-7-15(27-4)20(25)16(8-12)28-5)19-13(23-11)9-22(2,3)10-14(19)24/h7-8,18,23,25H,9-10H2,1-6H3. The van der Waals surface area contributed by atoms with E-state index in [0.717, 1.165) is 5.70 Å². The summed E-state index contributed by atoms with van der Waals surface area (Å²) in [5, 5.41) is 13.6. The number of phenolic OH excluding ortho intramolecular Hbond substituents is 1. The van der Waals surface area contributed by atoms with E-state index in [4.69, 9.17) is 14.2 Å². The summed E-state index contributed by atoms with van der Waals surface area (Å²) in [6.07, 6.45) is 1.06. The van der Waals surface area contributed by atoms with Crippen LogP contribution in [0.25, 0.3) is 0 Å². The summed E-state index contributed by atoms with van der Waals surface area (Å²) in [4.78, 5) is 25.9. The van der Waals surface area contributed by atoms with E-state index in [1.165, 1.54) is 21.3 Å². The van der Waals surface area contributed by atoms with Crippen LogP contribution in [0.3, 0.4) is 0 Å². The molecule has 1 aromatic carbocycles. The van der Waals surface area contributed by atoms with Crippen LogP contribution in [0.5, 0.6) is 17.2 Å². The lowest BCUT2D eigenvalue weighted by molar-refractivity contribution is -0.136. The average Bonchev–Trinajstić information content (AvgIpc) is 2.65. The van der Waals surface area contributed by atoms with Crippen molar-refractivity contribution < 1.29 is 28.9 Å². The summed E-state index contributed by atoms with van der Waals surface area (Å²) < 4.78 is 15.6. The minimum atomic E-state index is -0.648. The molecule has 2 aliphatic rings. The third-order valence-corrected chi connectivity index (χ3v) is 5.48. The van der Waals surface area contributed by atoms with E-state index in [1.807, 2.05) is 13.8 Å². The van der Waals surface area contributed by atoms with Gasteiger partial charge >= 0.3 is 5.97 Å². The maximum absolute atomic E-state index is 13.2. The van der Waals surface area contributed by atoms with E-state index in [-0.39, 0.29) is 28.4 Å². The first kappa shape index (κ1) is 20.8. The van der Waals surface area contributed by atoms with Gasteiger partial charge in [0, 0.05) is 29.3 Å². The number of allylic oxidation sites excluding steroid dienone is 3. The second-order valence-corrected chi connectivity index (χ2v) is 8.20. The second-order valence-electron chi connectivity index (χ2n) is 8.20. The number of esters is 1. The maximum atomic E-state index is 13.2. The number of ketones is 1. The third-order valence-electron chi connectivity index (χ3n) is 5.48. The highest BCUT2D eigenvalue weighted by molar-refractivity contribution is 6.04. The lowest BCUT2D eigenvalue weighted by Crippen LogP contribution is -2.38. The number of hydrogen-bond acceptors (Lipinski definition) is 7. The van der Waals surface area contributed by atoms with Gasteiger partial charge < -0.3 is 24.6 Å². The van der Waals surface area contributed by atoms with E-state index in [1.54, 1.807) is 19.1 Å². The molecule has 1 aliphatic carbocycles. The number of dihydropyridines is 1. The Labute approximate surface area is 170 Å². The minimum Gasteiger partial charge on any atom is -0.502 e. The molecule has 1 aliphatic heterocycles. The molecule has 7 heteroatoms. The fourth-order valence-corrected chi connectivity index (χ4v) is 4.23. The summed E-state index contributed by atoms with van der Waals surface area (Å²) in [5.74, 6) is -0.927. The van der Waals surface area contributed by atoms with Gasteiger partial charge in [0.1, 0.15) is 0 Å². The molecule has 0 aromatic heterocycles. The van der Waals surface area contributed by atoms with Crippen LogP contribution in [0.2, 0.25) is 0 Å². The Balaban J connectivity index is 2.28. The molecule has 29 heavy (non-hydrogen) atoms. The van der Waals surface area contributed by atoms with Crippen LogP contribution in [0, 0.1) is 5.41 Å². The molecule has 0 spiro atoms. The number of benzene rings is 1. The molecule has 0 saturated heterocycles. The number of rotatable bonds is 4. The number of ether oxygens (including phenoxy) is 3. The molecule has 156 valence electrons. The summed E-state index contributed by atoms with van der Waals surface area (Å²) in [5.41, 5.74) is 2.78. The summed E-state index contributed by atoms with van der Waals surface area (Å²) >= 11 is 0. The monoisotopic (exact) mass is 401 g/mol. The molecule has 0 bridgehead atoms. The van der Waals surface area contributed by atoms with Gasteiger partial charge in [0.25, 0.3) is 0 Å². The van der Waals surface area contributed by atoms with Crippen molar-refractivity contribution in [1.29, 1.82) is 0 Å². The largest absolute Gasteiger partial charge is 0.502 e. The molecule has 1 atom stereocenters. The number of methoxy groups -OCH3 is 3. The molecular formula is C22H27NO6. The van der Waals surface area contributed by atoms with Crippen LogP contribution < -0.4 is 14.8 Å². The molecule has 1 unspecified atom stereocenters. The van der Waals surface area contributed by atoms with Crippen molar-refractivity contribution in [3.63, 3.8) is 0 Å². The van der Waals surface area contributed by atoms with Crippen LogP contribution in [-0.4, -0.2) is 38.2 Å². The zero-order chi connectivity index (χ0) is 21.5.